The van der Waals surface area contributed by atoms with Crippen LogP contribution in [0.5, 0.6) is 0 Å². The van der Waals surface area contributed by atoms with E-state index in [2.05, 4.69) is 22.6 Å². The number of rotatable bonds is 9. The minimum absolute atomic E-state index is 0.166. The molecule has 1 atom stereocenters. The smallest absolute Gasteiger partial charge is 0.317 e. The Labute approximate surface area is 154 Å². The molecular formula is C16H20ClIO3S. The van der Waals surface area contributed by atoms with Crippen LogP contribution in [-0.2, 0) is 22.4 Å². The molecule has 1 aromatic carbocycles. The van der Waals surface area contributed by atoms with Gasteiger partial charge in [0.1, 0.15) is 5.25 Å². The monoisotopic (exact) mass is 454 g/mol. The fourth-order valence-electron chi connectivity index (χ4n) is 2.23. The average molecular weight is 455 g/mol. The summed E-state index contributed by atoms with van der Waals surface area (Å²) in [6.45, 7) is 1.40. The summed E-state index contributed by atoms with van der Waals surface area (Å²) in [5.41, 5.74) is 2.21. The Morgan fingerprint density at radius 1 is 1.32 bits per heavy atom. The Morgan fingerprint density at radius 2 is 2.05 bits per heavy atom. The summed E-state index contributed by atoms with van der Waals surface area (Å²) in [5, 5.41) is 9.08. The summed E-state index contributed by atoms with van der Waals surface area (Å²) >= 11 is 9.54. The van der Waals surface area contributed by atoms with Gasteiger partial charge in [0.15, 0.2) is 5.12 Å². The van der Waals surface area contributed by atoms with Gasteiger partial charge in [-0.2, -0.15) is 0 Å². The summed E-state index contributed by atoms with van der Waals surface area (Å²) in [6.07, 6.45) is 4.18. The SMILES string of the molecule is CC(=O)SC(CCc1cccc(Cl)c1CCCCI)C(=O)O. The maximum absolute atomic E-state index is 11.2. The van der Waals surface area contributed by atoms with Gasteiger partial charge >= 0.3 is 5.97 Å². The van der Waals surface area contributed by atoms with E-state index in [-0.39, 0.29) is 5.12 Å². The van der Waals surface area contributed by atoms with Gasteiger partial charge in [0.25, 0.3) is 0 Å². The van der Waals surface area contributed by atoms with E-state index in [1.54, 1.807) is 0 Å². The molecule has 0 aliphatic carbocycles. The number of carboxylic acid groups (broad SMARTS) is 1. The van der Waals surface area contributed by atoms with Crippen molar-refractivity contribution in [3.63, 3.8) is 0 Å². The fourth-order valence-corrected chi connectivity index (χ4v) is 3.80. The van der Waals surface area contributed by atoms with Gasteiger partial charge < -0.3 is 5.11 Å². The van der Waals surface area contributed by atoms with E-state index < -0.39 is 11.2 Å². The van der Waals surface area contributed by atoms with Crippen molar-refractivity contribution in [3.8, 4) is 0 Å². The second-order valence-electron chi connectivity index (χ2n) is 5.00. The van der Waals surface area contributed by atoms with Crippen LogP contribution in [0.15, 0.2) is 18.2 Å². The number of halogens is 2. The van der Waals surface area contributed by atoms with Crippen LogP contribution >= 0.6 is 46.0 Å². The predicted octanol–water partition coefficient (Wildman–Crippen LogP) is 4.76. The summed E-state index contributed by atoms with van der Waals surface area (Å²) in [7, 11) is 0. The van der Waals surface area contributed by atoms with Crippen molar-refractivity contribution in [2.45, 2.75) is 44.3 Å². The van der Waals surface area contributed by atoms with Crippen molar-refractivity contribution in [2.24, 2.45) is 0 Å². The lowest BCUT2D eigenvalue weighted by atomic mass is 9.98. The van der Waals surface area contributed by atoms with Gasteiger partial charge in [0, 0.05) is 11.9 Å². The molecule has 0 aliphatic heterocycles. The Morgan fingerprint density at radius 3 is 2.64 bits per heavy atom. The molecule has 1 rings (SSSR count). The van der Waals surface area contributed by atoms with E-state index in [0.29, 0.717) is 12.8 Å². The third-order valence-electron chi connectivity index (χ3n) is 3.29. The highest BCUT2D eigenvalue weighted by molar-refractivity contribution is 14.1. The number of alkyl halides is 1. The van der Waals surface area contributed by atoms with Crippen LogP contribution in [0.1, 0.15) is 37.3 Å². The highest BCUT2D eigenvalue weighted by atomic mass is 127. The molecule has 3 nitrogen and oxygen atoms in total. The van der Waals surface area contributed by atoms with Crippen molar-refractivity contribution in [3.05, 3.63) is 34.3 Å². The standard InChI is InChI=1S/C16H20ClIO3S/c1-11(19)22-15(16(20)21)9-8-12-5-4-7-14(17)13(12)6-2-3-10-18/h4-5,7,15H,2-3,6,8-10H2,1H3,(H,20,21). The Bertz CT molecular complexity index is 522. The first-order valence-electron chi connectivity index (χ1n) is 7.18. The number of carbonyl (C=O) groups is 2. The first-order valence-corrected chi connectivity index (χ1v) is 9.96. The van der Waals surface area contributed by atoms with Crippen LogP contribution in [-0.4, -0.2) is 25.9 Å². The molecule has 0 fully saturated rings. The zero-order valence-electron chi connectivity index (χ0n) is 12.5. The van der Waals surface area contributed by atoms with E-state index in [1.165, 1.54) is 6.92 Å². The van der Waals surface area contributed by atoms with Crippen molar-refractivity contribution in [2.75, 3.05) is 4.43 Å². The number of hydrogen-bond donors (Lipinski definition) is 1. The first kappa shape index (κ1) is 19.8. The molecule has 0 saturated heterocycles. The molecule has 6 heteroatoms. The Hall–Kier alpha value is -0.270. The average Bonchev–Trinajstić information content (AvgIpc) is 2.45. The number of thioether (sulfide) groups is 1. The van der Waals surface area contributed by atoms with E-state index in [0.717, 1.165) is 51.6 Å². The lowest BCUT2D eigenvalue weighted by Gasteiger charge is -2.14. The number of benzene rings is 1. The summed E-state index contributed by atoms with van der Waals surface area (Å²) < 4.78 is 1.12. The van der Waals surface area contributed by atoms with Crippen LogP contribution in [0.25, 0.3) is 0 Å². The third-order valence-corrected chi connectivity index (χ3v) is 5.46. The quantitative estimate of drug-likeness (QED) is 0.332. The van der Waals surface area contributed by atoms with E-state index in [1.807, 2.05) is 18.2 Å². The fraction of sp³-hybridized carbons (Fsp3) is 0.500. The van der Waals surface area contributed by atoms with Gasteiger partial charge in [0.2, 0.25) is 0 Å². The van der Waals surface area contributed by atoms with Crippen molar-refractivity contribution in [1.29, 1.82) is 0 Å². The van der Waals surface area contributed by atoms with Gasteiger partial charge in [0.05, 0.1) is 0 Å². The number of carboxylic acids is 1. The van der Waals surface area contributed by atoms with Crippen LogP contribution in [0.4, 0.5) is 0 Å². The molecular weight excluding hydrogens is 435 g/mol. The van der Waals surface area contributed by atoms with Gasteiger partial charge in [-0.25, -0.2) is 0 Å². The van der Waals surface area contributed by atoms with E-state index >= 15 is 0 Å². The molecule has 0 aliphatic rings. The molecule has 0 saturated carbocycles. The van der Waals surface area contributed by atoms with Crippen molar-refractivity contribution < 1.29 is 14.7 Å². The molecule has 0 aromatic heterocycles. The molecule has 0 heterocycles. The minimum Gasteiger partial charge on any atom is -0.480 e. The van der Waals surface area contributed by atoms with Gasteiger partial charge in [-0.15, -0.1) is 0 Å². The van der Waals surface area contributed by atoms with Crippen LogP contribution in [0.2, 0.25) is 5.02 Å². The largest absolute Gasteiger partial charge is 0.480 e. The highest BCUT2D eigenvalue weighted by Crippen LogP contribution is 2.26. The van der Waals surface area contributed by atoms with E-state index in [9.17, 15) is 14.7 Å². The van der Waals surface area contributed by atoms with Crippen molar-refractivity contribution in [1.82, 2.24) is 0 Å². The summed E-state index contributed by atoms with van der Waals surface area (Å²) in [6, 6.07) is 5.78. The minimum atomic E-state index is -0.936. The van der Waals surface area contributed by atoms with E-state index in [4.69, 9.17) is 11.6 Å². The number of carbonyl (C=O) groups excluding carboxylic acids is 1. The molecule has 1 aromatic rings. The lowest BCUT2D eigenvalue weighted by Crippen LogP contribution is -2.19. The predicted molar refractivity (Wildman–Crippen MR) is 101 cm³/mol. The number of unbranched alkanes of at least 4 members (excludes halogenated alkanes) is 1. The molecule has 22 heavy (non-hydrogen) atoms. The summed E-state index contributed by atoms with van der Waals surface area (Å²) in [5.74, 6) is -0.936. The Balaban J connectivity index is 2.76. The van der Waals surface area contributed by atoms with Crippen LogP contribution in [0, 0.1) is 0 Å². The Kier molecular flexibility index (Phi) is 9.43. The topological polar surface area (TPSA) is 54.4 Å². The normalized spacial score (nSPS) is 12.1. The zero-order chi connectivity index (χ0) is 16.5. The van der Waals surface area contributed by atoms with Crippen LogP contribution < -0.4 is 0 Å². The second-order valence-corrected chi connectivity index (χ2v) is 7.86. The molecule has 0 spiro atoms. The lowest BCUT2D eigenvalue weighted by molar-refractivity contribution is -0.136. The molecule has 0 amide bonds. The molecule has 1 unspecified atom stereocenters. The summed E-state index contributed by atoms with van der Waals surface area (Å²) in [4.78, 5) is 22.4. The second kappa shape index (κ2) is 10.5. The van der Waals surface area contributed by atoms with Crippen LogP contribution in [0.3, 0.4) is 0 Å². The third kappa shape index (κ3) is 6.87. The number of aryl methyl sites for hydroxylation is 1. The molecule has 122 valence electrons. The molecule has 0 bridgehead atoms. The molecule has 0 radical (unpaired) electrons. The maximum atomic E-state index is 11.2. The highest BCUT2D eigenvalue weighted by Gasteiger charge is 2.20. The van der Waals surface area contributed by atoms with Gasteiger partial charge in [-0.1, -0.05) is 58.1 Å². The first-order chi connectivity index (χ1) is 10.5. The number of hydrogen-bond acceptors (Lipinski definition) is 3. The molecule has 1 N–H and O–H groups in total. The van der Waals surface area contributed by atoms with Crippen molar-refractivity contribution >= 4 is 57.0 Å². The number of aliphatic carboxylic acids is 1. The zero-order valence-corrected chi connectivity index (χ0v) is 16.2. The maximum Gasteiger partial charge on any atom is 0.317 e. The van der Waals surface area contributed by atoms with Gasteiger partial charge in [-0.3, -0.25) is 9.59 Å². The van der Waals surface area contributed by atoms with Gasteiger partial charge in [-0.05, 0) is 53.7 Å².